The zero-order valence-electron chi connectivity index (χ0n) is 12.7. The van der Waals surface area contributed by atoms with Gasteiger partial charge in [0.1, 0.15) is 0 Å². The van der Waals surface area contributed by atoms with Gasteiger partial charge in [0.2, 0.25) is 0 Å². The Morgan fingerprint density at radius 3 is 2.76 bits per heavy atom. The molecule has 1 N–H and O–H groups in total. The Morgan fingerprint density at radius 1 is 1.33 bits per heavy atom. The normalized spacial score (nSPS) is 12.2. The highest BCUT2D eigenvalue weighted by atomic mass is 19.1. The molecule has 1 unspecified atom stereocenters. The molecule has 0 aliphatic carbocycles. The Balaban J connectivity index is 2.26. The predicted molar refractivity (Wildman–Crippen MR) is 82.0 cm³/mol. The van der Waals surface area contributed by atoms with Crippen LogP contribution in [0.15, 0.2) is 36.5 Å². The molecule has 0 saturated heterocycles. The van der Waals surface area contributed by atoms with Gasteiger partial charge in [0, 0.05) is 24.4 Å². The lowest BCUT2D eigenvalue weighted by Gasteiger charge is -2.19. The quantitative estimate of drug-likeness (QED) is 0.884. The van der Waals surface area contributed by atoms with E-state index in [4.69, 9.17) is 4.74 Å². The number of methoxy groups -OCH3 is 1. The summed E-state index contributed by atoms with van der Waals surface area (Å²) in [6.07, 6.45) is 2.52. The molecular weight excluding hydrogens is 267 g/mol. The first-order valence-electron chi connectivity index (χ1n) is 7.13. The number of hydrogen-bond acceptors (Lipinski definition) is 3. The van der Waals surface area contributed by atoms with Crippen molar-refractivity contribution in [2.24, 2.45) is 0 Å². The average Bonchev–Trinajstić information content (AvgIpc) is 2.49. The van der Waals surface area contributed by atoms with Gasteiger partial charge in [-0.05, 0) is 42.8 Å². The lowest BCUT2D eigenvalue weighted by atomic mass is 9.99. The molecule has 0 saturated carbocycles. The van der Waals surface area contributed by atoms with Crippen LogP contribution < -0.4 is 10.1 Å². The third kappa shape index (κ3) is 3.79. The zero-order valence-corrected chi connectivity index (χ0v) is 12.7. The molecule has 2 aromatic rings. The summed E-state index contributed by atoms with van der Waals surface area (Å²) in [6, 6.07) is 9.09. The van der Waals surface area contributed by atoms with E-state index in [0.29, 0.717) is 0 Å². The van der Waals surface area contributed by atoms with Crippen molar-refractivity contribution >= 4 is 0 Å². The van der Waals surface area contributed by atoms with Gasteiger partial charge in [0.15, 0.2) is 11.6 Å². The maximum atomic E-state index is 13.9. The number of ether oxygens (including phenoxy) is 1. The number of nitrogens with zero attached hydrogens (tertiary/aromatic N) is 1. The summed E-state index contributed by atoms with van der Waals surface area (Å²) >= 11 is 0. The average molecular weight is 288 g/mol. The van der Waals surface area contributed by atoms with E-state index in [-0.39, 0.29) is 17.6 Å². The van der Waals surface area contributed by atoms with Gasteiger partial charge in [-0.15, -0.1) is 0 Å². The van der Waals surface area contributed by atoms with E-state index in [0.717, 1.165) is 29.8 Å². The molecule has 1 aromatic heterocycles. The van der Waals surface area contributed by atoms with Crippen molar-refractivity contribution in [2.75, 3.05) is 13.7 Å². The summed E-state index contributed by atoms with van der Waals surface area (Å²) in [6.45, 7) is 4.89. The van der Waals surface area contributed by atoms with E-state index in [1.165, 1.54) is 13.2 Å². The van der Waals surface area contributed by atoms with Crippen LogP contribution in [0.1, 0.15) is 29.8 Å². The van der Waals surface area contributed by atoms with Crippen LogP contribution in [0, 0.1) is 12.7 Å². The van der Waals surface area contributed by atoms with Gasteiger partial charge < -0.3 is 10.1 Å². The topological polar surface area (TPSA) is 34.2 Å². The fourth-order valence-corrected chi connectivity index (χ4v) is 2.38. The highest BCUT2D eigenvalue weighted by Gasteiger charge is 2.15. The first-order valence-corrected chi connectivity index (χ1v) is 7.13. The van der Waals surface area contributed by atoms with Crippen molar-refractivity contribution in [3.05, 3.63) is 59.2 Å². The number of benzene rings is 1. The van der Waals surface area contributed by atoms with Crippen molar-refractivity contribution in [3.63, 3.8) is 0 Å². The highest BCUT2D eigenvalue weighted by Crippen LogP contribution is 2.24. The minimum absolute atomic E-state index is 0.0315. The van der Waals surface area contributed by atoms with E-state index < -0.39 is 0 Å². The second-order valence-corrected chi connectivity index (χ2v) is 4.98. The molecule has 0 aliphatic heterocycles. The van der Waals surface area contributed by atoms with Crippen LogP contribution in [0.2, 0.25) is 0 Å². The molecule has 2 rings (SSSR count). The largest absolute Gasteiger partial charge is 0.494 e. The third-order valence-corrected chi connectivity index (χ3v) is 3.54. The number of nitrogens with one attached hydrogen (secondary N) is 1. The maximum absolute atomic E-state index is 13.9. The number of rotatable bonds is 6. The predicted octanol–water partition coefficient (Wildman–Crippen LogP) is 3.43. The van der Waals surface area contributed by atoms with Gasteiger partial charge in [-0.25, -0.2) is 4.39 Å². The second kappa shape index (κ2) is 7.18. The SMILES string of the molecule is CCNC(Cc1ncccc1C)c1ccc(OC)c(F)c1. The number of aryl methyl sites for hydroxylation is 1. The number of halogens is 1. The summed E-state index contributed by atoms with van der Waals surface area (Å²) < 4.78 is 18.9. The highest BCUT2D eigenvalue weighted by molar-refractivity contribution is 5.32. The lowest BCUT2D eigenvalue weighted by Crippen LogP contribution is -2.23. The molecule has 0 fully saturated rings. The van der Waals surface area contributed by atoms with Crippen LogP contribution in [-0.4, -0.2) is 18.6 Å². The van der Waals surface area contributed by atoms with Gasteiger partial charge in [-0.1, -0.05) is 19.1 Å². The lowest BCUT2D eigenvalue weighted by molar-refractivity contribution is 0.385. The molecule has 0 amide bonds. The zero-order chi connectivity index (χ0) is 15.2. The van der Waals surface area contributed by atoms with Crippen molar-refractivity contribution in [2.45, 2.75) is 26.3 Å². The smallest absolute Gasteiger partial charge is 0.165 e. The van der Waals surface area contributed by atoms with Gasteiger partial charge >= 0.3 is 0 Å². The van der Waals surface area contributed by atoms with Crippen LogP contribution in [0.3, 0.4) is 0 Å². The Kier molecular flexibility index (Phi) is 5.28. The summed E-state index contributed by atoms with van der Waals surface area (Å²) in [5, 5.41) is 3.39. The maximum Gasteiger partial charge on any atom is 0.165 e. The monoisotopic (exact) mass is 288 g/mol. The third-order valence-electron chi connectivity index (χ3n) is 3.54. The molecule has 0 aliphatic rings. The number of likely N-dealkylation sites (N-methyl/N-ethyl adjacent to an activating group) is 1. The van der Waals surface area contributed by atoms with Crippen LogP contribution >= 0.6 is 0 Å². The number of pyridine rings is 1. The van der Waals surface area contributed by atoms with Crippen molar-refractivity contribution in [3.8, 4) is 5.75 Å². The molecule has 3 nitrogen and oxygen atoms in total. The molecule has 0 spiro atoms. The van der Waals surface area contributed by atoms with Gasteiger partial charge in [-0.3, -0.25) is 4.98 Å². The van der Waals surface area contributed by atoms with E-state index in [9.17, 15) is 4.39 Å². The minimum atomic E-state index is -0.337. The molecule has 1 atom stereocenters. The van der Waals surface area contributed by atoms with Crippen molar-refractivity contribution in [1.29, 1.82) is 0 Å². The molecule has 0 bridgehead atoms. The van der Waals surface area contributed by atoms with Gasteiger partial charge in [-0.2, -0.15) is 0 Å². The van der Waals surface area contributed by atoms with Gasteiger partial charge in [0.05, 0.1) is 7.11 Å². The molecule has 21 heavy (non-hydrogen) atoms. The fraction of sp³-hybridized carbons (Fsp3) is 0.353. The molecule has 4 heteroatoms. The van der Waals surface area contributed by atoms with Crippen LogP contribution in [0.25, 0.3) is 0 Å². The van der Waals surface area contributed by atoms with E-state index in [1.54, 1.807) is 12.3 Å². The van der Waals surface area contributed by atoms with E-state index in [2.05, 4.69) is 10.3 Å². The summed E-state index contributed by atoms with van der Waals surface area (Å²) in [7, 11) is 1.47. The first-order chi connectivity index (χ1) is 10.2. The molecular formula is C17H21FN2O. The molecule has 1 heterocycles. The van der Waals surface area contributed by atoms with E-state index in [1.807, 2.05) is 32.0 Å². The molecule has 1 aromatic carbocycles. The number of aromatic nitrogens is 1. The Labute approximate surface area is 125 Å². The standard InChI is InChI=1S/C17H21FN2O/c1-4-19-16(11-15-12(2)6-5-9-20-15)13-7-8-17(21-3)14(18)10-13/h5-10,16,19H,4,11H2,1-3H3. The minimum Gasteiger partial charge on any atom is -0.494 e. The fourth-order valence-electron chi connectivity index (χ4n) is 2.38. The van der Waals surface area contributed by atoms with Crippen molar-refractivity contribution < 1.29 is 9.13 Å². The van der Waals surface area contributed by atoms with Crippen LogP contribution in [0.5, 0.6) is 5.75 Å². The number of hydrogen-bond donors (Lipinski definition) is 1. The second-order valence-electron chi connectivity index (χ2n) is 4.98. The van der Waals surface area contributed by atoms with Crippen LogP contribution in [0.4, 0.5) is 4.39 Å². The summed E-state index contributed by atoms with van der Waals surface area (Å²) in [5.41, 5.74) is 3.08. The first kappa shape index (κ1) is 15.4. The summed E-state index contributed by atoms with van der Waals surface area (Å²) in [5.74, 6) is -0.0707. The molecule has 112 valence electrons. The van der Waals surface area contributed by atoms with Crippen molar-refractivity contribution in [1.82, 2.24) is 10.3 Å². The van der Waals surface area contributed by atoms with E-state index >= 15 is 0 Å². The van der Waals surface area contributed by atoms with Crippen LogP contribution in [-0.2, 0) is 6.42 Å². The Morgan fingerprint density at radius 2 is 2.14 bits per heavy atom. The summed E-state index contributed by atoms with van der Waals surface area (Å²) in [4.78, 5) is 4.42. The van der Waals surface area contributed by atoms with Gasteiger partial charge in [0.25, 0.3) is 0 Å². The molecule has 0 radical (unpaired) electrons. The Hall–Kier alpha value is -1.94. The Bertz CT molecular complexity index is 601.